The molecule has 2 aliphatic heterocycles. The fraction of sp³-hybridized carbons (Fsp3) is 0.558. The van der Waals surface area contributed by atoms with Gasteiger partial charge in [-0.05, 0) is 107 Å². The van der Waals surface area contributed by atoms with Gasteiger partial charge in [-0.25, -0.2) is 0 Å². The lowest BCUT2D eigenvalue weighted by Crippen LogP contribution is -2.69. The average Bonchev–Trinajstić information content (AvgIpc) is 3.89. The molecule has 1 spiro atoms. The van der Waals surface area contributed by atoms with Crippen LogP contribution in [0.25, 0.3) is 0 Å². The lowest BCUT2D eigenvalue weighted by Gasteiger charge is -2.60. The second kappa shape index (κ2) is 14.0. The van der Waals surface area contributed by atoms with E-state index in [1.54, 1.807) is 13.2 Å². The second-order valence-corrected chi connectivity index (χ2v) is 15.6. The summed E-state index contributed by atoms with van der Waals surface area (Å²) in [4.78, 5) is 19.4. The Hall–Kier alpha value is -3.51. The molecule has 49 heavy (non-hydrogen) atoms. The van der Waals surface area contributed by atoms with Crippen molar-refractivity contribution >= 4 is 5.91 Å². The number of carbonyl (C=O) groups is 1. The van der Waals surface area contributed by atoms with Crippen LogP contribution in [0.2, 0.25) is 0 Å². The number of hydrogen-bond donors (Lipinski definition) is 1. The Morgan fingerprint density at radius 2 is 1.65 bits per heavy atom. The molecule has 2 heterocycles. The van der Waals surface area contributed by atoms with Crippen LogP contribution < -0.4 is 9.47 Å². The Morgan fingerprint density at radius 1 is 0.939 bits per heavy atom. The molecule has 8 rings (SSSR count). The number of benzene rings is 3. The summed E-state index contributed by atoms with van der Waals surface area (Å²) in [5, 5.41) is 11.4. The molecule has 3 aliphatic carbocycles. The van der Waals surface area contributed by atoms with Crippen LogP contribution in [-0.2, 0) is 29.5 Å². The van der Waals surface area contributed by atoms with E-state index in [4.69, 9.17) is 9.47 Å². The smallest absolute Gasteiger partial charge is 0.222 e. The predicted octanol–water partition coefficient (Wildman–Crippen LogP) is 7.87. The van der Waals surface area contributed by atoms with Crippen molar-refractivity contribution in [3.63, 3.8) is 0 Å². The Bertz CT molecular complexity index is 1610. The number of phenols is 1. The van der Waals surface area contributed by atoms with Crippen LogP contribution in [0.1, 0.15) is 92.9 Å². The molecular formula is C43H54N2O4. The number of methoxy groups -OCH3 is 1. The minimum atomic E-state index is -0.194. The molecule has 5 atom stereocenters. The van der Waals surface area contributed by atoms with Crippen molar-refractivity contribution in [2.45, 2.75) is 113 Å². The van der Waals surface area contributed by atoms with Crippen LogP contribution in [0, 0.1) is 11.8 Å². The van der Waals surface area contributed by atoms with Gasteiger partial charge in [0, 0.05) is 48.2 Å². The standard InChI is InChI=1S/C43H54N2O4/c1-48-38-28-37(46)33-27-36-34-22-23-35(42-43(34,40(33)41(38)49-42)24-26-44(36)29-32-20-21-32)45(25-12-11-18-31-15-7-3-8-16-31)39(47)19-10-4-9-17-30-13-5-2-6-14-30/h2-3,5-8,13-16,28,32,34-36,42,46H,4,9-12,17-27,29H2,1H3/t34-,35+,36+,42-,43-/m0/s1. The molecule has 0 aromatic heterocycles. The van der Waals surface area contributed by atoms with Gasteiger partial charge in [-0.2, -0.15) is 0 Å². The molecule has 3 aromatic rings. The molecule has 3 fully saturated rings. The topological polar surface area (TPSA) is 62.2 Å². The largest absolute Gasteiger partial charge is 0.508 e. The molecule has 6 heteroatoms. The zero-order valence-electron chi connectivity index (χ0n) is 29.3. The normalized spacial score (nSPS) is 26.6. The maximum absolute atomic E-state index is 14.4. The van der Waals surface area contributed by atoms with Crippen molar-refractivity contribution in [2.75, 3.05) is 26.7 Å². The quantitative estimate of drug-likeness (QED) is 0.168. The molecular weight excluding hydrogens is 608 g/mol. The van der Waals surface area contributed by atoms with Crippen LogP contribution in [-0.4, -0.2) is 65.7 Å². The summed E-state index contributed by atoms with van der Waals surface area (Å²) in [6.07, 6.45) is 14.4. The molecule has 260 valence electrons. The van der Waals surface area contributed by atoms with Gasteiger partial charge < -0.3 is 19.5 Å². The van der Waals surface area contributed by atoms with Gasteiger partial charge in [-0.1, -0.05) is 67.1 Å². The highest BCUT2D eigenvalue weighted by atomic mass is 16.5. The third-order valence-electron chi connectivity index (χ3n) is 12.8. The summed E-state index contributed by atoms with van der Waals surface area (Å²) in [5.41, 5.74) is 4.82. The minimum absolute atomic E-state index is 0.0191. The number of likely N-dealkylation sites (tertiary alicyclic amines) is 1. The van der Waals surface area contributed by atoms with Gasteiger partial charge in [-0.15, -0.1) is 0 Å². The number of piperidine rings is 1. The van der Waals surface area contributed by atoms with Gasteiger partial charge in [-0.3, -0.25) is 9.69 Å². The van der Waals surface area contributed by atoms with Crippen molar-refractivity contribution in [3.05, 3.63) is 89.0 Å². The summed E-state index contributed by atoms with van der Waals surface area (Å²) in [6, 6.07) is 23.6. The fourth-order valence-corrected chi connectivity index (χ4v) is 10.3. The van der Waals surface area contributed by atoms with E-state index in [-0.39, 0.29) is 23.5 Å². The number of nitrogens with zero attached hydrogens (tertiary/aromatic N) is 2. The van der Waals surface area contributed by atoms with Crippen molar-refractivity contribution < 1.29 is 19.4 Å². The maximum Gasteiger partial charge on any atom is 0.222 e. The number of aromatic hydroxyl groups is 1. The first-order chi connectivity index (χ1) is 24.1. The van der Waals surface area contributed by atoms with Crippen LogP contribution in [0.15, 0.2) is 66.7 Å². The first-order valence-corrected chi connectivity index (χ1v) is 19.3. The number of aryl methyl sites for hydroxylation is 2. The highest BCUT2D eigenvalue weighted by Crippen LogP contribution is 2.66. The lowest BCUT2D eigenvalue weighted by molar-refractivity contribution is -0.143. The van der Waals surface area contributed by atoms with Crippen molar-refractivity contribution in [3.8, 4) is 17.2 Å². The Balaban J connectivity index is 1.05. The number of hydrogen-bond acceptors (Lipinski definition) is 5. The third kappa shape index (κ3) is 6.24. The second-order valence-electron chi connectivity index (χ2n) is 15.6. The van der Waals surface area contributed by atoms with E-state index in [1.165, 1.54) is 36.1 Å². The SMILES string of the molecule is COc1cc(O)c2c3c1O[C@H]1[C@H](N(CCCCc4ccccc4)C(=O)CCCCCc4ccccc4)CC[C@H]4[C@@H](C2)N(CC2CC2)CC[C@@]341. The number of unbranched alkanes of at least 4 members (excludes halogenated alkanes) is 3. The summed E-state index contributed by atoms with van der Waals surface area (Å²) in [6.45, 7) is 3.01. The van der Waals surface area contributed by atoms with Gasteiger partial charge in [0.25, 0.3) is 0 Å². The molecule has 2 saturated carbocycles. The summed E-state index contributed by atoms with van der Waals surface area (Å²) in [5.74, 6) is 3.41. The van der Waals surface area contributed by atoms with E-state index in [2.05, 4.69) is 70.5 Å². The number of ether oxygens (including phenoxy) is 2. The fourth-order valence-electron chi connectivity index (χ4n) is 10.3. The molecule has 1 saturated heterocycles. The van der Waals surface area contributed by atoms with Gasteiger partial charge in [0.05, 0.1) is 13.2 Å². The lowest BCUT2D eigenvalue weighted by atomic mass is 9.50. The van der Waals surface area contributed by atoms with E-state index in [9.17, 15) is 9.90 Å². The molecule has 3 aromatic carbocycles. The number of amides is 1. The van der Waals surface area contributed by atoms with E-state index >= 15 is 0 Å². The van der Waals surface area contributed by atoms with Crippen molar-refractivity contribution in [1.29, 1.82) is 0 Å². The van der Waals surface area contributed by atoms with Gasteiger partial charge in [0.1, 0.15) is 11.9 Å². The van der Waals surface area contributed by atoms with E-state index in [0.717, 1.165) is 101 Å². The Kier molecular flexibility index (Phi) is 9.35. The first-order valence-electron chi connectivity index (χ1n) is 19.3. The monoisotopic (exact) mass is 662 g/mol. The van der Waals surface area contributed by atoms with E-state index < -0.39 is 0 Å². The van der Waals surface area contributed by atoms with Crippen molar-refractivity contribution in [1.82, 2.24) is 9.80 Å². The number of rotatable bonds is 15. The zero-order chi connectivity index (χ0) is 33.4. The molecule has 5 aliphatic rings. The molecule has 6 nitrogen and oxygen atoms in total. The zero-order valence-corrected chi connectivity index (χ0v) is 29.3. The highest BCUT2D eigenvalue weighted by molar-refractivity contribution is 5.77. The van der Waals surface area contributed by atoms with Crippen LogP contribution in [0.4, 0.5) is 0 Å². The van der Waals surface area contributed by atoms with Gasteiger partial charge >= 0.3 is 0 Å². The molecule has 1 amide bonds. The number of carbonyl (C=O) groups excluding carboxylic acids is 1. The van der Waals surface area contributed by atoms with E-state index in [0.29, 0.717) is 29.9 Å². The average molecular weight is 663 g/mol. The van der Waals surface area contributed by atoms with Crippen LogP contribution in [0.5, 0.6) is 17.2 Å². The third-order valence-corrected chi connectivity index (χ3v) is 12.8. The Morgan fingerprint density at radius 3 is 2.35 bits per heavy atom. The van der Waals surface area contributed by atoms with E-state index in [1.807, 2.05) is 0 Å². The highest BCUT2D eigenvalue weighted by Gasteiger charge is 2.67. The predicted molar refractivity (Wildman–Crippen MR) is 193 cm³/mol. The van der Waals surface area contributed by atoms with Crippen molar-refractivity contribution in [2.24, 2.45) is 11.8 Å². The molecule has 0 unspecified atom stereocenters. The maximum atomic E-state index is 14.4. The number of phenolic OH excluding ortho intramolecular Hbond substituents is 1. The van der Waals surface area contributed by atoms with Crippen LogP contribution >= 0.6 is 0 Å². The van der Waals surface area contributed by atoms with Gasteiger partial charge in [0.2, 0.25) is 5.91 Å². The van der Waals surface area contributed by atoms with Crippen LogP contribution in [0.3, 0.4) is 0 Å². The first kappa shape index (κ1) is 32.7. The Labute approximate surface area is 292 Å². The minimum Gasteiger partial charge on any atom is -0.508 e. The summed E-state index contributed by atoms with van der Waals surface area (Å²) >= 11 is 0. The molecule has 0 radical (unpaired) electrons. The molecule has 1 N–H and O–H groups in total. The van der Waals surface area contributed by atoms with Gasteiger partial charge in [0.15, 0.2) is 11.5 Å². The summed E-state index contributed by atoms with van der Waals surface area (Å²) in [7, 11) is 1.68. The molecule has 2 bridgehead atoms. The summed E-state index contributed by atoms with van der Waals surface area (Å²) < 4.78 is 13.0.